The summed E-state index contributed by atoms with van der Waals surface area (Å²) in [7, 11) is 0. The summed E-state index contributed by atoms with van der Waals surface area (Å²) in [5, 5.41) is 8.90. The first-order chi connectivity index (χ1) is 9.70. The van der Waals surface area contributed by atoms with Gasteiger partial charge in [0, 0.05) is 45.1 Å². The highest BCUT2D eigenvalue weighted by Gasteiger charge is 2.18. The van der Waals surface area contributed by atoms with Gasteiger partial charge in [-0.3, -0.25) is 4.90 Å². The van der Waals surface area contributed by atoms with Gasteiger partial charge in [0.2, 0.25) is 5.95 Å². The summed E-state index contributed by atoms with van der Waals surface area (Å²) in [4.78, 5) is 13.4. The minimum Gasteiger partial charge on any atom is -0.395 e. The Kier molecular flexibility index (Phi) is 7.47. The number of aliphatic hydroxyl groups excluding tert-OH is 1. The number of β-amino-alcohol motifs (C(OH)–C–C–N with tert-alkyl or cyclic N) is 1. The molecule has 1 saturated heterocycles. The summed E-state index contributed by atoms with van der Waals surface area (Å²) in [5.74, 6) is 1.29. The van der Waals surface area contributed by atoms with Crippen LogP contribution in [0.25, 0.3) is 0 Å². The van der Waals surface area contributed by atoms with E-state index >= 15 is 0 Å². The van der Waals surface area contributed by atoms with E-state index in [4.69, 9.17) is 5.11 Å². The molecule has 0 unspecified atom stereocenters. The number of aromatic nitrogens is 2. The number of hydrogen-bond donors (Lipinski definition) is 1. The SMILES string of the molecule is CC.CC(C)c1cnc(N2CCN(CCO)CC2)nc1. The quantitative estimate of drug-likeness (QED) is 0.910. The Balaban J connectivity index is 0.000000956. The smallest absolute Gasteiger partial charge is 0.225 e. The van der Waals surface area contributed by atoms with Gasteiger partial charge < -0.3 is 10.0 Å². The van der Waals surface area contributed by atoms with Crippen LogP contribution in [-0.4, -0.2) is 59.3 Å². The number of hydrogen-bond acceptors (Lipinski definition) is 5. The molecule has 2 heterocycles. The first-order valence-electron chi connectivity index (χ1n) is 7.61. The predicted molar refractivity (Wildman–Crippen MR) is 83.2 cm³/mol. The van der Waals surface area contributed by atoms with Gasteiger partial charge in [0.15, 0.2) is 0 Å². The van der Waals surface area contributed by atoms with Crippen molar-refractivity contribution >= 4 is 5.95 Å². The maximum absolute atomic E-state index is 8.90. The van der Waals surface area contributed by atoms with Crippen molar-refractivity contribution in [2.75, 3.05) is 44.2 Å². The molecular formula is C15H28N4O. The molecule has 0 bridgehead atoms. The summed E-state index contributed by atoms with van der Waals surface area (Å²) < 4.78 is 0. The van der Waals surface area contributed by atoms with Gasteiger partial charge >= 0.3 is 0 Å². The van der Waals surface area contributed by atoms with E-state index in [1.165, 1.54) is 5.56 Å². The highest BCUT2D eigenvalue weighted by atomic mass is 16.3. The molecule has 0 amide bonds. The van der Waals surface area contributed by atoms with Crippen molar-refractivity contribution in [2.24, 2.45) is 0 Å². The molecule has 0 aliphatic carbocycles. The van der Waals surface area contributed by atoms with E-state index in [9.17, 15) is 0 Å². The van der Waals surface area contributed by atoms with Crippen LogP contribution < -0.4 is 4.90 Å². The molecule has 1 aliphatic rings. The van der Waals surface area contributed by atoms with E-state index in [2.05, 4.69) is 33.6 Å². The third kappa shape index (κ3) is 4.72. The molecule has 20 heavy (non-hydrogen) atoms. The van der Waals surface area contributed by atoms with E-state index in [1.54, 1.807) is 0 Å². The van der Waals surface area contributed by atoms with Crippen molar-refractivity contribution in [3.8, 4) is 0 Å². The first-order valence-corrected chi connectivity index (χ1v) is 7.61. The molecule has 114 valence electrons. The molecule has 0 spiro atoms. The van der Waals surface area contributed by atoms with Gasteiger partial charge in [0.05, 0.1) is 6.61 Å². The van der Waals surface area contributed by atoms with Gasteiger partial charge in [-0.15, -0.1) is 0 Å². The van der Waals surface area contributed by atoms with Crippen LogP contribution in [0.2, 0.25) is 0 Å². The zero-order valence-corrected chi connectivity index (χ0v) is 13.2. The van der Waals surface area contributed by atoms with Crippen LogP contribution in [0.1, 0.15) is 39.2 Å². The van der Waals surface area contributed by atoms with Crippen LogP contribution >= 0.6 is 0 Å². The highest BCUT2D eigenvalue weighted by molar-refractivity contribution is 5.31. The Bertz CT molecular complexity index is 359. The molecule has 1 fully saturated rings. The van der Waals surface area contributed by atoms with Gasteiger partial charge in [-0.25, -0.2) is 9.97 Å². The third-order valence-electron chi connectivity index (χ3n) is 3.40. The molecule has 1 aliphatic heterocycles. The Labute approximate surface area is 122 Å². The Morgan fingerprint density at radius 1 is 1.10 bits per heavy atom. The summed E-state index contributed by atoms with van der Waals surface area (Å²) in [6.45, 7) is 13.1. The fourth-order valence-corrected chi connectivity index (χ4v) is 2.11. The summed E-state index contributed by atoms with van der Waals surface area (Å²) in [6, 6.07) is 0. The largest absolute Gasteiger partial charge is 0.395 e. The molecule has 0 atom stereocenters. The van der Waals surface area contributed by atoms with E-state index in [1.807, 2.05) is 26.2 Å². The number of aliphatic hydroxyl groups is 1. The lowest BCUT2D eigenvalue weighted by atomic mass is 10.1. The molecule has 2 rings (SSSR count). The van der Waals surface area contributed by atoms with Crippen molar-refractivity contribution in [1.29, 1.82) is 0 Å². The molecule has 0 radical (unpaired) electrons. The predicted octanol–water partition coefficient (Wildman–Crippen LogP) is 1.74. The van der Waals surface area contributed by atoms with Crippen molar-refractivity contribution in [3.63, 3.8) is 0 Å². The molecule has 0 aromatic carbocycles. The summed E-state index contributed by atoms with van der Waals surface area (Å²) >= 11 is 0. The van der Waals surface area contributed by atoms with Crippen LogP contribution in [-0.2, 0) is 0 Å². The molecule has 1 aromatic heterocycles. The first kappa shape index (κ1) is 16.9. The summed E-state index contributed by atoms with van der Waals surface area (Å²) in [5.41, 5.74) is 1.18. The van der Waals surface area contributed by atoms with E-state index in [-0.39, 0.29) is 6.61 Å². The summed E-state index contributed by atoms with van der Waals surface area (Å²) in [6.07, 6.45) is 3.85. The van der Waals surface area contributed by atoms with Gasteiger partial charge in [-0.1, -0.05) is 27.7 Å². The standard InChI is InChI=1S/C13H22N4O.C2H6/c1-11(2)12-9-14-13(15-10-12)17-5-3-16(4-6-17)7-8-18;1-2/h9-11,18H,3-8H2,1-2H3;1-2H3. The third-order valence-corrected chi connectivity index (χ3v) is 3.40. The maximum atomic E-state index is 8.90. The number of piperazine rings is 1. The van der Waals surface area contributed by atoms with Crippen molar-refractivity contribution in [1.82, 2.24) is 14.9 Å². The Hall–Kier alpha value is -1.20. The lowest BCUT2D eigenvalue weighted by Gasteiger charge is -2.34. The van der Waals surface area contributed by atoms with Crippen molar-refractivity contribution < 1.29 is 5.11 Å². The van der Waals surface area contributed by atoms with E-state index < -0.39 is 0 Å². The number of anilines is 1. The van der Waals surface area contributed by atoms with Gasteiger partial charge in [0.25, 0.3) is 0 Å². The second-order valence-corrected chi connectivity index (χ2v) is 5.02. The van der Waals surface area contributed by atoms with Crippen LogP contribution in [0, 0.1) is 0 Å². The van der Waals surface area contributed by atoms with Gasteiger partial charge in [0.1, 0.15) is 0 Å². The van der Waals surface area contributed by atoms with Crippen LogP contribution in [0.4, 0.5) is 5.95 Å². The van der Waals surface area contributed by atoms with E-state index in [0.717, 1.165) is 38.7 Å². The Morgan fingerprint density at radius 2 is 1.65 bits per heavy atom. The average Bonchev–Trinajstić information content (AvgIpc) is 2.50. The van der Waals surface area contributed by atoms with Crippen LogP contribution in [0.5, 0.6) is 0 Å². The van der Waals surface area contributed by atoms with Gasteiger partial charge in [-0.05, 0) is 11.5 Å². The van der Waals surface area contributed by atoms with Gasteiger partial charge in [-0.2, -0.15) is 0 Å². The lowest BCUT2D eigenvalue weighted by molar-refractivity contribution is 0.188. The van der Waals surface area contributed by atoms with Crippen molar-refractivity contribution in [2.45, 2.75) is 33.6 Å². The van der Waals surface area contributed by atoms with E-state index in [0.29, 0.717) is 5.92 Å². The fourth-order valence-electron chi connectivity index (χ4n) is 2.11. The second kappa shape index (κ2) is 8.87. The fraction of sp³-hybridized carbons (Fsp3) is 0.733. The zero-order valence-electron chi connectivity index (χ0n) is 13.2. The normalized spacial score (nSPS) is 16.0. The minimum absolute atomic E-state index is 0.236. The Morgan fingerprint density at radius 3 is 2.10 bits per heavy atom. The van der Waals surface area contributed by atoms with Crippen LogP contribution in [0.3, 0.4) is 0 Å². The number of nitrogens with zero attached hydrogens (tertiary/aromatic N) is 4. The molecule has 1 N–H and O–H groups in total. The van der Waals surface area contributed by atoms with Crippen LogP contribution in [0.15, 0.2) is 12.4 Å². The molecule has 5 nitrogen and oxygen atoms in total. The molecular weight excluding hydrogens is 252 g/mol. The second-order valence-electron chi connectivity index (χ2n) is 5.02. The zero-order chi connectivity index (χ0) is 15.0. The minimum atomic E-state index is 0.236. The molecule has 0 saturated carbocycles. The highest BCUT2D eigenvalue weighted by Crippen LogP contribution is 2.15. The number of rotatable bonds is 4. The topological polar surface area (TPSA) is 52.5 Å². The monoisotopic (exact) mass is 280 g/mol. The van der Waals surface area contributed by atoms with Crippen molar-refractivity contribution in [3.05, 3.63) is 18.0 Å². The molecule has 1 aromatic rings. The maximum Gasteiger partial charge on any atom is 0.225 e. The molecule has 5 heteroatoms. The average molecular weight is 280 g/mol. The lowest BCUT2D eigenvalue weighted by Crippen LogP contribution is -2.47.